The molecule has 0 radical (unpaired) electrons. The molecule has 1 saturated heterocycles. The Labute approximate surface area is 78.1 Å². The van der Waals surface area contributed by atoms with Gasteiger partial charge >= 0.3 is 0 Å². The lowest BCUT2D eigenvalue weighted by molar-refractivity contribution is 0.00671. The third-order valence-electron chi connectivity index (χ3n) is 2.25. The Morgan fingerprint density at radius 1 is 1.69 bits per heavy atom. The first-order valence-corrected chi connectivity index (χ1v) is 4.54. The molecule has 0 amide bonds. The molecule has 0 saturated carbocycles. The van der Waals surface area contributed by atoms with Crippen LogP contribution >= 0.6 is 0 Å². The van der Waals surface area contributed by atoms with Crippen molar-refractivity contribution in [1.82, 2.24) is 4.90 Å². The van der Waals surface area contributed by atoms with Crippen LogP contribution in [0.25, 0.3) is 0 Å². The third-order valence-corrected chi connectivity index (χ3v) is 2.25. The summed E-state index contributed by atoms with van der Waals surface area (Å²) in [7, 11) is 1.78. The summed E-state index contributed by atoms with van der Waals surface area (Å²) in [5.74, 6) is 0.133. The zero-order valence-electron chi connectivity index (χ0n) is 7.94. The zero-order valence-corrected chi connectivity index (χ0v) is 7.94. The van der Waals surface area contributed by atoms with Crippen LogP contribution in [-0.2, 0) is 4.74 Å². The standard InChI is InChI=1S/C8H17N3O2/c1-11(8(9)10-12)6-7-4-2-3-5-13-7/h7,12H,2-6H2,1H3,(H2,9,10). The van der Waals surface area contributed by atoms with Crippen molar-refractivity contribution < 1.29 is 9.94 Å². The number of hydrogen-bond donors (Lipinski definition) is 2. The molecule has 0 aromatic rings. The first kappa shape index (κ1) is 10.1. The molecule has 0 aromatic carbocycles. The number of hydrogen-bond acceptors (Lipinski definition) is 3. The van der Waals surface area contributed by atoms with Gasteiger partial charge in [0.2, 0.25) is 5.96 Å². The Kier molecular flexibility index (Phi) is 3.82. The van der Waals surface area contributed by atoms with Gasteiger partial charge in [-0.15, -0.1) is 0 Å². The Bertz CT molecular complexity index is 178. The van der Waals surface area contributed by atoms with Gasteiger partial charge in [0, 0.05) is 20.2 Å². The number of oxime groups is 1. The van der Waals surface area contributed by atoms with Gasteiger partial charge in [0.25, 0.3) is 0 Å². The molecule has 1 aliphatic rings. The van der Waals surface area contributed by atoms with Crippen LogP contribution in [0.2, 0.25) is 0 Å². The van der Waals surface area contributed by atoms with Crippen molar-refractivity contribution in [3.8, 4) is 0 Å². The molecule has 1 unspecified atom stereocenters. The van der Waals surface area contributed by atoms with Gasteiger partial charge < -0.3 is 20.6 Å². The van der Waals surface area contributed by atoms with Gasteiger partial charge in [0.15, 0.2) is 0 Å². The smallest absolute Gasteiger partial charge is 0.233 e. The first-order valence-electron chi connectivity index (χ1n) is 4.54. The van der Waals surface area contributed by atoms with Crippen LogP contribution in [0.5, 0.6) is 0 Å². The summed E-state index contributed by atoms with van der Waals surface area (Å²) in [6, 6.07) is 0. The number of likely N-dealkylation sites (N-methyl/N-ethyl adjacent to an activating group) is 1. The second kappa shape index (κ2) is 4.91. The molecule has 3 N–H and O–H groups in total. The number of rotatable bonds is 2. The number of nitrogens with two attached hydrogens (primary N) is 1. The summed E-state index contributed by atoms with van der Waals surface area (Å²) in [5, 5.41) is 11.3. The van der Waals surface area contributed by atoms with Gasteiger partial charge in [0.1, 0.15) is 0 Å². The minimum atomic E-state index is 0.133. The summed E-state index contributed by atoms with van der Waals surface area (Å²) in [6.45, 7) is 1.52. The van der Waals surface area contributed by atoms with E-state index in [-0.39, 0.29) is 12.1 Å². The summed E-state index contributed by atoms with van der Waals surface area (Å²) in [6.07, 6.45) is 3.63. The van der Waals surface area contributed by atoms with Gasteiger partial charge in [0.05, 0.1) is 6.10 Å². The van der Waals surface area contributed by atoms with Crippen LogP contribution in [0.1, 0.15) is 19.3 Å². The van der Waals surface area contributed by atoms with Gasteiger partial charge in [-0.2, -0.15) is 0 Å². The molecule has 1 atom stereocenters. The lowest BCUT2D eigenvalue weighted by Crippen LogP contribution is -2.40. The minimum Gasteiger partial charge on any atom is -0.408 e. The molecular weight excluding hydrogens is 170 g/mol. The SMILES string of the molecule is CN(CC1CCCCO1)C(N)=NO. The Balaban J connectivity index is 2.30. The molecule has 0 spiro atoms. The van der Waals surface area contributed by atoms with E-state index >= 15 is 0 Å². The molecule has 1 fully saturated rings. The predicted octanol–water partition coefficient (Wildman–Crippen LogP) is 0.191. The second-order valence-corrected chi connectivity index (χ2v) is 3.33. The first-order chi connectivity index (χ1) is 6.24. The fraction of sp³-hybridized carbons (Fsp3) is 0.875. The summed E-state index contributed by atoms with van der Waals surface area (Å²) in [4.78, 5) is 1.69. The maximum absolute atomic E-state index is 8.42. The Morgan fingerprint density at radius 3 is 3.00 bits per heavy atom. The average molecular weight is 187 g/mol. The monoisotopic (exact) mass is 187 g/mol. The van der Waals surface area contributed by atoms with Gasteiger partial charge in [-0.05, 0) is 19.3 Å². The van der Waals surface area contributed by atoms with Crippen LogP contribution in [0.4, 0.5) is 0 Å². The second-order valence-electron chi connectivity index (χ2n) is 3.33. The Morgan fingerprint density at radius 2 is 2.46 bits per heavy atom. The van der Waals surface area contributed by atoms with Crippen molar-refractivity contribution in [3.63, 3.8) is 0 Å². The Hall–Kier alpha value is -0.970. The number of guanidine groups is 1. The molecule has 0 bridgehead atoms. The van der Waals surface area contributed by atoms with Crippen LogP contribution in [0.3, 0.4) is 0 Å². The molecule has 76 valence electrons. The highest BCUT2D eigenvalue weighted by atomic mass is 16.5. The molecule has 0 aliphatic carbocycles. The summed E-state index contributed by atoms with van der Waals surface area (Å²) >= 11 is 0. The minimum absolute atomic E-state index is 0.133. The van der Waals surface area contributed by atoms with E-state index in [1.54, 1.807) is 11.9 Å². The van der Waals surface area contributed by atoms with Crippen LogP contribution in [0.15, 0.2) is 5.16 Å². The lowest BCUT2D eigenvalue weighted by atomic mass is 10.1. The van der Waals surface area contributed by atoms with Crippen molar-refractivity contribution in [2.75, 3.05) is 20.2 Å². The lowest BCUT2D eigenvalue weighted by Gasteiger charge is -2.27. The topological polar surface area (TPSA) is 71.1 Å². The van der Waals surface area contributed by atoms with Crippen molar-refractivity contribution in [3.05, 3.63) is 0 Å². The molecular formula is C8H17N3O2. The van der Waals surface area contributed by atoms with E-state index in [4.69, 9.17) is 15.7 Å². The molecule has 5 heteroatoms. The van der Waals surface area contributed by atoms with E-state index in [2.05, 4.69) is 5.16 Å². The maximum Gasteiger partial charge on any atom is 0.233 e. The molecule has 1 heterocycles. The molecule has 13 heavy (non-hydrogen) atoms. The van der Waals surface area contributed by atoms with E-state index in [0.29, 0.717) is 6.54 Å². The quantitative estimate of drug-likeness (QED) is 0.280. The average Bonchev–Trinajstić information content (AvgIpc) is 2.18. The van der Waals surface area contributed by atoms with E-state index < -0.39 is 0 Å². The largest absolute Gasteiger partial charge is 0.408 e. The summed E-state index contributed by atoms with van der Waals surface area (Å²) in [5.41, 5.74) is 5.40. The highest BCUT2D eigenvalue weighted by molar-refractivity contribution is 5.77. The van der Waals surface area contributed by atoms with Crippen molar-refractivity contribution in [1.29, 1.82) is 0 Å². The fourth-order valence-corrected chi connectivity index (χ4v) is 1.43. The molecule has 5 nitrogen and oxygen atoms in total. The van der Waals surface area contributed by atoms with Gasteiger partial charge in [-0.1, -0.05) is 5.16 Å². The van der Waals surface area contributed by atoms with Gasteiger partial charge in [-0.3, -0.25) is 0 Å². The van der Waals surface area contributed by atoms with E-state index in [1.807, 2.05) is 0 Å². The predicted molar refractivity (Wildman–Crippen MR) is 49.6 cm³/mol. The molecule has 1 rings (SSSR count). The normalized spacial score (nSPS) is 24.4. The van der Waals surface area contributed by atoms with Crippen molar-refractivity contribution >= 4 is 5.96 Å². The van der Waals surface area contributed by atoms with Crippen LogP contribution in [-0.4, -0.2) is 42.4 Å². The third kappa shape index (κ3) is 3.10. The van der Waals surface area contributed by atoms with Crippen LogP contribution in [0, 0.1) is 0 Å². The zero-order chi connectivity index (χ0) is 9.68. The maximum atomic E-state index is 8.42. The van der Waals surface area contributed by atoms with Crippen molar-refractivity contribution in [2.24, 2.45) is 10.9 Å². The summed E-state index contributed by atoms with van der Waals surface area (Å²) < 4.78 is 5.51. The highest BCUT2D eigenvalue weighted by Gasteiger charge is 2.16. The van der Waals surface area contributed by atoms with Gasteiger partial charge in [-0.25, -0.2) is 0 Å². The fourth-order valence-electron chi connectivity index (χ4n) is 1.43. The number of nitrogens with zero attached hydrogens (tertiary/aromatic N) is 2. The van der Waals surface area contributed by atoms with E-state index in [9.17, 15) is 0 Å². The number of ether oxygens (including phenoxy) is 1. The molecule has 0 aromatic heterocycles. The van der Waals surface area contributed by atoms with E-state index in [1.165, 1.54) is 6.42 Å². The highest BCUT2D eigenvalue weighted by Crippen LogP contribution is 2.13. The van der Waals surface area contributed by atoms with E-state index in [0.717, 1.165) is 19.4 Å². The molecule has 1 aliphatic heterocycles. The van der Waals surface area contributed by atoms with Crippen molar-refractivity contribution in [2.45, 2.75) is 25.4 Å². The van der Waals surface area contributed by atoms with Crippen LogP contribution < -0.4 is 5.73 Å².